The van der Waals surface area contributed by atoms with Gasteiger partial charge in [-0.25, -0.2) is 4.79 Å². The van der Waals surface area contributed by atoms with E-state index in [0.717, 1.165) is 28.2 Å². The van der Waals surface area contributed by atoms with E-state index in [2.05, 4.69) is 6.58 Å². The molecule has 0 N–H and O–H groups in total. The summed E-state index contributed by atoms with van der Waals surface area (Å²) in [4.78, 5) is 12.0. The van der Waals surface area contributed by atoms with E-state index in [9.17, 15) is 4.79 Å². The van der Waals surface area contributed by atoms with Gasteiger partial charge in [-0.15, -0.1) is 0 Å². The predicted molar refractivity (Wildman–Crippen MR) is 110 cm³/mol. The fraction of sp³-hybridized carbons (Fsp3) is 0.0417. The lowest BCUT2D eigenvalue weighted by molar-refractivity contribution is -0.128. The molecule has 3 rings (SSSR count). The molecule has 0 aliphatic rings. The first-order valence-corrected chi connectivity index (χ1v) is 8.70. The van der Waals surface area contributed by atoms with Gasteiger partial charge in [0.25, 0.3) is 0 Å². The van der Waals surface area contributed by atoms with E-state index in [1.807, 2.05) is 60.7 Å². The number of rotatable bonds is 7. The molecule has 4 heteroatoms. The number of hydrogen-bond donors (Lipinski definition) is 0. The van der Waals surface area contributed by atoms with E-state index in [1.54, 1.807) is 25.3 Å². The highest BCUT2D eigenvalue weighted by atomic mass is 16.5. The van der Waals surface area contributed by atoms with E-state index in [4.69, 9.17) is 14.2 Å². The van der Waals surface area contributed by atoms with Gasteiger partial charge >= 0.3 is 5.97 Å². The Balaban J connectivity index is 1.60. The topological polar surface area (TPSA) is 44.8 Å². The number of carbonyl (C=O) groups excluding carboxylic acids is 1. The van der Waals surface area contributed by atoms with Gasteiger partial charge in [0.1, 0.15) is 17.2 Å². The van der Waals surface area contributed by atoms with Crippen molar-refractivity contribution in [2.45, 2.75) is 0 Å². The molecular weight excluding hydrogens is 352 g/mol. The van der Waals surface area contributed by atoms with Crippen molar-refractivity contribution in [2.75, 3.05) is 7.11 Å². The van der Waals surface area contributed by atoms with E-state index in [0.29, 0.717) is 5.75 Å². The van der Waals surface area contributed by atoms with E-state index in [1.165, 1.54) is 12.3 Å². The van der Waals surface area contributed by atoms with Crippen LogP contribution in [0.25, 0.3) is 17.2 Å². The lowest BCUT2D eigenvalue weighted by atomic mass is 10.1. The van der Waals surface area contributed by atoms with Gasteiger partial charge in [0.2, 0.25) is 0 Å². The average Bonchev–Trinajstić information content (AvgIpc) is 2.74. The molecule has 0 saturated heterocycles. The van der Waals surface area contributed by atoms with E-state index >= 15 is 0 Å². The summed E-state index contributed by atoms with van der Waals surface area (Å²) in [5, 5.41) is 0. The summed E-state index contributed by atoms with van der Waals surface area (Å²) >= 11 is 0. The summed E-state index contributed by atoms with van der Waals surface area (Å²) in [6.45, 7) is 3.53. The molecule has 140 valence electrons. The zero-order valence-electron chi connectivity index (χ0n) is 15.5. The Morgan fingerprint density at radius 1 is 0.786 bits per heavy atom. The van der Waals surface area contributed by atoms with Gasteiger partial charge in [-0.05, 0) is 59.2 Å². The normalized spacial score (nSPS) is 10.5. The van der Waals surface area contributed by atoms with Gasteiger partial charge in [-0.1, -0.05) is 43.0 Å². The molecule has 0 aliphatic carbocycles. The minimum absolute atomic E-state index is 0.436. The van der Waals surface area contributed by atoms with Crippen LogP contribution in [-0.4, -0.2) is 13.1 Å². The SMILES string of the molecule is C=COc1ccc(-c2ccc(OC(=O)/C=C/c3ccc(OC)cc3)cc2)cc1. The molecule has 0 amide bonds. The molecular formula is C24H20O4. The van der Waals surface area contributed by atoms with Crippen LogP contribution in [-0.2, 0) is 4.79 Å². The van der Waals surface area contributed by atoms with Gasteiger partial charge in [0, 0.05) is 6.08 Å². The monoisotopic (exact) mass is 372 g/mol. The van der Waals surface area contributed by atoms with Gasteiger partial charge in [-0.3, -0.25) is 0 Å². The number of carbonyl (C=O) groups is 1. The van der Waals surface area contributed by atoms with Crippen LogP contribution in [0, 0.1) is 0 Å². The minimum Gasteiger partial charge on any atom is -0.497 e. The third-order valence-electron chi connectivity index (χ3n) is 4.01. The molecule has 0 unspecified atom stereocenters. The second-order valence-corrected chi connectivity index (χ2v) is 5.86. The first-order valence-electron chi connectivity index (χ1n) is 8.70. The number of benzene rings is 3. The van der Waals surface area contributed by atoms with Gasteiger partial charge in [-0.2, -0.15) is 0 Å². The summed E-state index contributed by atoms with van der Waals surface area (Å²) in [5.41, 5.74) is 2.93. The Kier molecular flexibility index (Phi) is 6.26. The Bertz CT molecular complexity index is 953. The molecule has 3 aromatic rings. The molecule has 28 heavy (non-hydrogen) atoms. The van der Waals surface area contributed by atoms with Gasteiger partial charge < -0.3 is 14.2 Å². The minimum atomic E-state index is -0.436. The first-order chi connectivity index (χ1) is 13.7. The second-order valence-electron chi connectivity index (χ2n) is 5.86. The van der Waals surface area contributed by atoms with Gasteiger partial charge in [0.15, 0.2) is 0 Å². The maximum Gasteiger partial charge on any atom is 0.336 e. The number of esters is 1. The number of ether oxygens (including phenoxy) is 3. The molecule has 0 saturated carbocycles. The van der Waals surface area contributed by atoms with Crippen molar-refractivity contribution in [2.24, 2.45) is 0 Å². The van der Waals surface area contributed by atoms with Crippen LogP contribution in [0.2, 0.25) is 0 Å². The van der Waals surface area contributed by atoms with E-state index < -0.39 is 5.97 Å². The van der Waals surface area contributed by atoms with Crippen molar-refractivity contribution in [3.63, 3.8) is 0 Å². The molecule has 0 bridgehead atoms. The molecule has 0 heterocycles. The largest absolute Gasteiger partial charge is 0.497 e. The molecule has 0 radical (unpaired) electrons. The van der Waals surface area contributed by atoms with Crippen LogP contribution in [0.1, 0.15) is 5.56 Å². The highest BCUT2D eigenvalue weighted by Gasteiger charge is 2.03. The first kappa shape index (κ1) is 19.0. The lowest BCUT2D eigenvalue weighted by Crippen LogP contribution is -2.03. The molecule has 0 fully saturated rings. The fourth-order valence-electron chi connectivity index (χ4n) is 2.57. The standard InChI is InChI=1S/C24H20O4/c1-3-27-22-13-7-19(8-14-22)20-9-15-23(16-10-20)28-24(25)17-6-18-4-11-21(26-2)12-5-18/h3-17H,1H2,2H3/b17-6+. The molecule has 0 aliphatic heterocycles. The average molecular weight is 372 g/mol. The Morgan fingerprint density at radius 2 is 1.32 bits per heavy atom. The molecule has 0 atom stereocenters. The van der Waals surface area contributed by atoms with Crippen molar-refractivity contribution < 1.29 is 19.0 Å². The molecule has 0 aromatic heterocycles. The number of methoxy groups -OCH3 is 1. The van der Waals surface area contributed by atoms with Gasteiger partial charge in [0.05, 0.1) is 13.4 Å². The van der Waals surface area contributed by atoms with E-state index in [-0.39, 0.29) is 0 Å². The highest BCUT2D eigenvalue weighted by Crippen LogP contribution is 2.25. The third-order valence-corrected chi connectivity index (χ3v) is 4.01. The van der Waals surface area contributed by atoms with Crippen LogP contribution >= 0.6 is 0 Å². The van der Waals surface area contributed by atoms with Crippen molar-refractivity contribution in [3.05, 3.63) is 97.3 Å². The predicted octanol–water partition coefficient (Wildman–Crippen LogP) is 5.50. The molecule has 0 spiro atoms. The van der Waals surface area contributed by atoms with Crippen LogP contribution in [0.15, 0.2) is 91.7 Å². The Labute approximate surface area is 164 Å². The highest BCUT2D eigenvalue weighted by molar-refractivity contribution is 5.88. The van der Waals surface area contributed by atoms with Crippen molar-refractivity contribution in [1.82, 2.24) is 0 Å². The second kappa shape index (κ2) is 9.24. The maximum absolute atomic E-state index is 12.0. The molecule has 3 aromatic carbocycles. The van der Waals surface area contributed by atoms with Crippen LogP contribution in [0.5, 0.6) is 17.2 Å². The Morgan fingerprint density at radius 3 is 1.86 bits per heavy atom. The summed E-state index contributed by atoms with van der Waals surface area (Å²) in [7, 11) is 1.61. The zero-order valence-corrected chi connectivity index (χ0v) is 15.5. The fourth-order valence-corrected chi connectivity index (χ4v) is 2.57. The summed E-state index contributed by atoms with van der Waals surface area (Å²) in [6.07, 6.45) is 4.48. The number of hydrogen-bond acceptors (Lipinski definition) is 4. The third kappa shape index (κ3) is 5.11. The summed E-state index contributed by atoms with van der Waals surface area (Å²) in [5.74, 6) is 1.55. The van der Waals surface area contributed by atoms with Crippen molar-refractivity contribution >= 4 is 12.0 Å². The van der Waals surface area contributed by atoms with Crippen molar-refractivity contribution in [3.8, 4) is 28.4 Å². The van der Waals surface area contributed by atoms with Crippen molar-refractivity contribution in [1.29, 1.82) is 0 Å². The molecule has 4 nitrogen and oxygen atoms in total. The zero-order chi connectivity index (χ0) is 19.8. The van der Waals surface area contributed by atoms with Crippen LogP contribution < -0.4 is 14.2 Å². The summed E-state index contributed by atoms with van der Waals surface area (Å²) < 4.78 is 15.7. The Hall–Kier alpha value is -3.79. The smallest absolute Gasteiger partial charge is 0.336 e. The van der Waals surface area contributed by atoms with Crippen LogP contribution in [0.3, 0.4) is 0 Å². The lowest BCUT2D eigenvalue weighted by Gasteiger charge is -2.06. The summed E-state index contributed by atoms with van der Waals surface area (Å²) in [6, 6.07) is 22.4. The van der Waals surface area contributed by atoms with Crippen LogP contribution in [0.4, 0.5) is 0 Å². The maximum atomic E-state index is 12.0. The quantitative estimate of drug-likeness (QED) is 0.238.